The van der Waals surface area contributed by atoms with Crippen molar-refractivity contribution in [2.24, 2.45) is 0 Å². The molecule has 0 bridgehead atoms. The SMILES string of the molecule is CC[C@H](C)NC(=O)[C@H](C)N(Cc1ccc(Cl)c(Cl)c1)C(=O)CN(c1cc(Cl)c(Cl)cc1Cl)S(C)(=O)=O. The minimum Gasteiger partial charge on any atom is -0.352 e. The summed E-state index contributed by atoms with van der Waals surface area (Å²) in [6, 6.07) is 6.31. The Morgan fingerprint density at radius 2 is 1.50 bits per heavy atom. The van der Waals surface area contributed by atoms with Gasteiger partial charge in [-0.15, -0.1) is 0 Å². The van der Waals surface area contributed by atoms with Gasteiger partial charge in [-0.25, -0.2) is 8.42 Å². The predicted molar refractivity (Wildman–Crippen MR) is 148 cm³/mol. The van der Waals surface area contributed by atoms with Gasteiger partial charge in [-0.1, -0.05) is 71.0 Å². The molecule has 2 atom stereocenters. The van der Waals surface area contributed by atoms with Crippen LogP contribution >= 0.6 is 58.0 Å². The normalized spacial score (nSPS) is 13.1. The van der Waals surface area contributed by atoms with Gasteiger partial charge >= 0.3 is 0 Å². The number of rotatable bonds is 10. The molecule has 0 radical (unpaired) electrons. The van der Waals surface area contributed by atoms with Crippen LogP contribution in [0.25, 0.3) is 0 Å². The van der Waals surface area contributed by atoms with Crippen molar-refractivity contribution >= 4 is 85.5 Å². The smallest absolute Gasteiger partial charge is 0.244 e. The molecule has 0 aliphatic carbocycles. The molecule has 198 valence electrons. The highest BCUT2D eigenvalue weighted by molar-refractivity contribution is 7.92. The van der Waals surface area contributed by atoms with Crippen molar-refractivity contribution in [2.75, 3.05) is 17.1 Å². The summed E-state index contributed by atoms with van der Waals surface area (Å²) in [7, 11) is -3.99. The molecule has 13 heteroatoms. The van der Waals surface area contributed by atoms with Crippen LogP contribution < -0.4 is 9.62 Å². The molecule has 0 aliphatic rings. The summed E-state index contributed by atoms with van der Waals surface area (Å²) in [5, 5.41) is 3.63. The van der Waals surface area contributed by atoms with E-state index < -0.39 is 34.4 Å². The third-order valence-corrected chi connectivity index (χ3v) is 8.33. The van der Waals surface area contributed by atoms with E-state index in [-0.39, 0.29) is 38.4 Å². The average molecular weight is 618 g/mol. The highest BCUT2D eigenvalue weighted by Gasteiger charge is 2.31. The standard InChI is InChI=1S/C23H26Cl5N3O4S/c1-5-13(2)29-23(33)14(3)30(11-15-6-7-16(24)17(25)8-15)22(32)12-31(36(4,34)35)21-10-19(27)18(26)9-20(21)28/h6-10,13-14H,5,11-12H2,1-4H3,(H,29,33)/t13-,14-/m0/s1. The maximum absolute atomic E-state index is 13.6. The number of hydrogen-bond acceptors (Lipinski definition) is 4. The van der Waals surface area contributed by atoms with E-state index in [1.54, 1.807) is 25.1 Å². The molecule has 2 rings (SSSR count). The largest absolute Gasteiger partial charge is 0.352 e. The third kappa shape index (κ3) is 8.04. The Morgan fingerprint density at radius 3 is 2.06 bits per heavy atom. The molecule has 0 unspecified atom stereocenters. The highest BCUT2D eigenvalue weighted by atomic mass is 35.5. The number of hydrogen-bond donors (Lipinski definition) is 1. The first-order valence-electron chi connectivity index (χ1n) is 10.8. The fourth-order valence-corrected chi connectivity index (χ4v) is 5.05. The molecule has 0 fully saturated rings. The van der Waals surface area contributed by atoms with Gasteiger partial charge in [0.25, 0.3) is 0 Å². The number of amides is 2. The van der Waals surface area contributed by atoms with Gasteiger partial charge < -0.3 is 10.2 Å². The average Bonchev–Trinajstić information content (AvgIpc) is 2.79. The van der Waals surface area contributed by atoms with Crippen molar-refractivity contribution in [3.63, 3.8) is 0 Å². The number of nitrogens with zero attached hydrogens (tertiary/aromatic N) is 2. The van der Waals surface area contributed by atoms with E-state index in [0.29, 0.717) is 17.0 Å². The second kappa shape index (κ2) is 12.9. The third-order valence-electron chi connectivity index (χ3n) is 5.44. The Labute approximate surface area is 236 Å². The Balaban J connectivity index is 2.48. The molecule has 0 heterocycles. The van der Waals surface area contributed by atoms with Crippen molar-refractivity contribution in [2.45, 2.75) is 45.8 Å². The minimum atomic E-state index is -3.99. The molecular formula is C23H26Cl5N3O4S. The lowest BCUT2D eigenvalue weighted by Gasteiger charge is -2.32. The van der Waals surface area contributed by atoms with E-state index in [0.717, 1.165) is 10.6 Å². The monoisotopic (exact) mass is 615 g/mol. The molecule has 2 amide bonds. The Bertz CT molecular complexity index is 1240. The van der Waals surface area contributed by atoms with Crippen molar-refractivity contribution in [3.05, 3.63) is 61.0 Å². The highest BCUT2D eigenvalue weighted by Crippen LogP contribution is 2.35. The fraction of sp³-hybridized carbons (Fsp3) is 0.391. The summed E-state index contributed by atoms with van der Waals surface area (Å²) >= 11 is 30.5. The number of halogens is 5. The van der Waals surface area contributed by atoms with Gasteiger partial charge in [0.05, 0.1) is 37.1 Å². The van der Waals surface area contributed by atoms with E-state index in [1.807, 2.05) is 13.8 Å². The summed E-state index contributed by atoms with van der Waals surface area (Å²) in [6.07, 6.45) is 1.62. The van der Waals surface area contributed by atoms with Crippen LogP contribution in [0.2, 0.25) is 25.1 Å². The number of anilines is 1. The minimum absolute atomic E-state index is 0.0128. The van der Waals surface area contributed by atoms with E-state index in [4.69, 9.17) is 58.0 Å². The molecule has 0 saturated carbocycles. The van der Waals surface area contributed by atoms with E-state index in [2.05, 4.69) is 5.32 Å². The van der Waals surface area contributed by atoms with Crippen LogP contribution in [0.4, 0.5) is 5.69 Å². The van der Waals surface area contributed by atoms with Gasteiger partial charge in [0.1, 0.15) is 12.6 Å². The van der Waals surface area contributed by atoms with Crippen LogP contribution in [0, 0.1) is 0 Å². The second-order valence-electron chi connectivity index (χ2n) is 8.25. The van der Waals surface area contributed by atoms with Crippen LogP contribution in [0.1, 0.15) is 32.8 Å². The molecule has 7 nitrogen and oxygen atoms in total. The van der Waals surface area contributed by atoms with Gasteiger partial charge in [0.2, 0.25) is 21.8 Å². The molecule has 2 aromatic carbocycles. The Hall–Kier alpha value is -1.42. The van der Waals surface area contributed by atoms with Crippen molar-refractivity contribution in [1.29, 1.82) is 0 Å². The summed E-state index contributed by atoms with van der Waals surface area (Å²) in [4.78, 5) is 27.8. The molecule has 0 spiro atoms. The Morgan fingerprint density at radius 1 is 0.917 bits per heavy atom. The summed E-state index contributed by atoms with van der Waals surface area (Å²) < 4.78 is 26.2. The quantitative estimate of drug-likeness (QED) is 0.329. The summed E-state index contributed by atoms with van der Waals surface area (Å²) in [5.74, 6) is -1.04. The number of carbonyl (C=O) groups excluding carboxylic acids is 2. The summed E-state index contributed by atoms with van der Waals surface area (Å²) in [6.45, 7) is 4.65. The van der Waals surface area contributed by atoms with Crippen molar-refractivity contribution in [1.82, 2.24) is 10.2 Å². The van der Waals surface area contributed by atoms with Gasteiger partial charge in [-0.2, -0.15) is 0 Å². The lowest BCUT2D eigenvalue weighted by atomic mass is 10.1. The first-order valence-corrected chi connectivity index (χ1v) is 14.6. The molecule has 0 aromatic heterocycles. The zero-order chi connectivity index (χ0) is 27.4. The summed E-state index contributed by atoms with van der Waals surface area (Å²) in [5.41, 5.74) is 0.576. The molecule has 36 heavy (non-hydrogen) atoms. The number of sulfonamides is 1. The lowest BCUT2D eigenvalue weighted by Crippen LogP contribution is -2.52. The van der Waals surface area contributed by atoms with Crippen LogP contribution in [0.15, 0.2) is 30.3 Å². The molecule has 2 aromatic rings. The fourth-order valence-electron chi connectivity index (χ4n) is 3.18. The topological polar surface area (TPSA) is 86.8 Å². The number of carbonyl (C=O) groups is 2. The zero-order valence-corrected chi connectivity index (χ0v) is 24.6. The van der Waals surface area contributed by atoms with E-state index in [9.17, 15) is 18.0 Å². The van der Waals surface area contributed by atoms with Crippen LogP contribution in [-0.4, -0.2) is 50.0 Å². The first-order chi connectivity index (χ1) is 16.6. The molecule has 0 saturated heterocycles. The Kier molecular flexibility index (Phi) is 11.0. The van der Waals surface area contributed by atoms with Crippen LogP contribution in [0.5, 0.6) is 0 Å². The van der Waals surface area contributed by atoms with Crippen LogP contribution in [0.3, 0.4) is 0 Å². The maximum Gasteiger partial charge on any atom is 0.244 e. The second-order valence-corrected chi connectivity index (χ2v) is 12.2. The van der Waals surface area contributed by atoms with Gasteiger partial charge in [-0.3, -0.25) is 13.9 Å². The van der Waals surface area contributed by atoms with Crippen molar-refractivity contribution in [3.8, 4) is 0 Å². The zero-order valence-electron chi connectivity index (χ0n) is 20.0. The van der Waals surface area contributed by atoms with Crippen LogP contribution in [-0.2, 0) is 26.2 Å². The first kappa shape index (κ1) is 30.8. The van der Waals surface area contributed by atoms with Gasteiger partial charge in [0.15, 0.2) is 0 Å². The molecule has 0 aliphatic heterocycles. The molecule has 1 N–H and O–H groups in total. The van der Waals surface area contributed by atoms with Crippen molar-refractivity contribution < 1.29 is 18.0 Å². The number of benzene rings is 2. The van der Waals surface area contributed by atoms with E-state index in [1.165, 1.54) is 17.0 Å². The van der Waals surface area contributed by atoms with Gasteiger partial charge in [0, 0.05) is 12.6 Å². The maximum atomic E-state index is 13.6. The lowest BCUT2D eigenvalue weighted by molar-refractivity contribution is -0.139. The van der Waals surface area contributed by atoms with E-state index >= 15 is 0 Å². The predicted octanol–water partition coefficient (Wildman–Crippen LogP) is 6.05. The molecular weight excluding hydrogens is 592 g/mol. The number of nitrogens with one attached hydrogen (secondary N) is 1. The van der Waals surface area contributed by atoms with Gasteiger partial charge in [-0.05, 0) is 50.1 Å².